The van der Waals surface area contributed by atoms with Crippen LogP contribution in [-0.4, -0.2) is 0 Å². The molecule has 0 saturated carbocycles. The van der Waals surface area contributed by atoms with Crippen LogP contribution in [0, 0.1) is 5.41 Å². The Bertz CT molecular complexity index is 402. The first-order valence-electron chi connectivity index (χ1n) is 9.59. The molecular formula is C22H44S. The third-order valence-corrected chi connectivity index (χ3v) is 5.60. The van der Waals surface area contributed by atoms with Crippen molar-refractivity contribution >= 4 is 11.3 Å². The van der Waals surface area contributed by atoms with Gasteiger partial charge in [-0.05, 0) is 41.2 Å². The topological polar surface area (TPSA) is 0 Å². The van der Waals surface area contributed by atoms with Crippen molar-refractivity contribution in [3.8, 4) is 0 Å². The summed E-state index contributed by atoms with van der Waals surface area (Å²) in [5.41, 5.74) is 0.992. The maximum atomic E-state index is 2.39. The molecule has 1 heteroatoms. The van der Waals surface area contributed by atoms with Gasteiger partial charge in [-0.1, -0.05) is 89.5 Å². The van der Waals surface area contributed by atoms with Crippen molar-refractivity contribution in [2.75, 3.05) is 0 Å². The highest BCUT2D eigenvalue weighted by Gasteiger charge is 2.30. The minimum Gasteiger partial charge on any atom is -0.144 e. The summed E-state index contributed by atoms with van der Waals surface area (Å²) in [5, 5.41) is 0. The molecule has 1 rings (SSSR count). The SMILES string of the molecule is CC.CC.CCCC(C)(C)c1ccc(C(C)(C)CC(C)(C)C)s1. The Balaban J connectivity index is 0. The second-order valence-electron chi connectivity index (χ2n) is 8.42. The van der Waals surface area contributed by atoms with Gasteiger partial charge in [-0.15, -0.1) is 11.3 Å². The van der Waals surface area contributed by atoms with Gasteiger partial charge in [-0.25, -0.2) is 0 Å². The highest BCUT2D eigenvalue weighted by molar-refractivity contribution is 7.12. The summed E-state index contributed by atoms with van der Waals surface area (Å²) in [4.78, 5) is 3.09. The highest BCUT2D eigenvalue weighted by Crippen LogP contribution is 2.42. The normalized spacial score (nSPS) is 12.0. The molecule has 0 fully saturated rings. The molecule has 1 heterocycles. The van der Waals surface area contributed by atoms with Gasteiger partial charge in [0, 0.05) is 9.75 Å². The maximum absolute atomic E-state index is 2.39. The van der Waals surface area contributed by atoms with Crippen LogP contribution >= 0.6 is 11.3 Å². The molecule has 0 aromatic carbocycles. The Hall–Kier alpha value is -0.300. The number of hydrogen-bond donors (Lipinski definition) is 0. The van der Waals surface area contributed by atoms with Crippen LogP contribution in [0.15, 0.2) is 12.1 Å². The van der Waals surface area contributed by atoms with Gasteiger partial charge in [0.25, 0.3) is 0 Å². The lowest BCUT2D eigenvalue weighted by Gasteiger charge is -2.32. The van der Waals surface area contributed by atoms with Crippen LogP contribution in [0.5, 0.6) is 0 Å². The van der Waals surface area contributed by atoms with Gasteiger partial charge in [0.2, 0.25) is 0 Å². The van der Waals surface area contributed by atoms with Gasteiger partial charge in [0.15, 0.2) is 0 Å². The third kappa shape index (κ3) is 8.94. The molecule has 138 valence electrons. The van der Waals surface area contributed by atoms with Crippen molar-refractivity contribution < 1.29 is 0 Å². The quantitative estimate of drug-likeness (QED) is 0.503. The van der Waals surface area contributed by atoms with Crippen LogP contribution in [0.3, 0.4) is 0 Å². The Morgan fingerprint density at radius 1 is 0.739 bits per heavy atom. The first kappa shape index (κ1) is 24.9. The molecule has 0 atom stereocenters. The fourth-order valence-corrected chi connectivity index (χ4v) is 4.46. The molecule has 23 heavy (non-hydrogen) atoms. The molecular weight excluding hydrogens is 296 g/mol. The molecule has 0 saturated heterocycles. The molecule has 0 amide bonds. The minimum absolute atomic E-state index is 0.281. The van der Waals surface area contributed by atoms with E-state index in [1.165, 1.54) is 19.3 Å². The van der Waals surface area contributed by atoms with Gasteiger partial charge in [-0.3, -0.25) is 0 Å². The van der Waals surface area contributed by atoms with Gasteiger partial charge >= 0.3 is 0 Å². The lowest BCUT2D eigenvalue weighted by atomic mass is 9.75. The van der Waals surface area contributed by atoms with Crippen molar-refractivity contribution in [3.63, 3.8) is 0 Å². The second kappa shape index (κ2) is 10.5. The van der Waals surface area contributed by atoms with Crippen LogP contribution < -0.4 is 0 Å². The zero-order chi connectivity index (χ0) is 18.9. The summed E-state index contributed by atoms with van der Waals surface area (Å²) in [5.74, 6) is 0. The fraction of sp³-hybridized carbons (Fsp3) is 0.818. The van der Waals surface area contributed by atoms with Gasteiger partial charge in [0.05, 0.1) is 0 Å². The predicted octanol–water partition coefficient (Wildman–Crippen LogP) is 8.59. The zero-order valence-corrected chi connectivity index (χ0v) is 19.0. The molecule has 0 aliphatic heterocycles. The van der Waals surface area contributed by atoms with Crippen molar-refractivity contribution in [2.45, 2.75) is 113 Å². The van der Waals surface area contributed by atoms with E-state index in [1.54, 1.807) is 9.75 Å². The maximum Gasteiger partial charge on any atom is 0.0105 e. The molecule has 0 aliphatic carbocycles. The van der Waals surface area contributed by atoms with E-state index in [2.05, 4.69) is 67.5 Å². The average Bonchev–Trinajstić information content (AvgIpc) is 2.92. The van der Waals surface area contributed by atoms with E-state index in [-0.39, 0.29) is 5.41 Å². The molecule has 0 aliphatic rings. The lowest BCUT2D eigenvalue weighted by molar-refractivity contribution is 0.287. The Morgan fingerprint density at radius 2 is 1.13 bits per heavy atom. The molecule has 0 radical (unpaired) electrons. The average molecular weight is 341 g/mol. The Kier molecular flexibility index (Phi) is 11.4. The van der Waals surface area contributed by atoms with Crippen LogP contribution in [0.1, 0.15) is 112 Å². The van der Waals surface area contributed by atoms with E-state index >= 15 is 0 Å². The Morgan fingerprint density at radius 3 is 1.48 bits per heavy atom. The van der Waals surface area contributed by atoms with E-state index < -0.39 is 0 Å². The van der Waals surface area contributed by atoms with E-state index in [1.807, 2.05) is 39.0 Å². The van der Waals surface area contributed by atoms with Crippen LogP contribution in [0.4, 0.5) is 0 Å². The van der Waals surface area contributed by atoms with Gasteiger partial charge in [-0.2, -0.15) is 0 Å². The number of hydrogen-bond acceptors (Lipinski definition) is 1. The van der Waals surface area contributed by atoms with Gasteiger partial charge < -0.3 is 0 Å². The van der Waals surface area contributed by atoms with Crippen molar-refractivity contribution in [3.05, 3.63) is 21.9 Å². The monoisotopic (exact) mass is 340 g/mol. The fourth-order valence-electron chi connectivity index (χ4n) is 3.23. The van der Waals surface area contributed by atoms with Crippen molar-refractivity contribution in [1.29, 1.82) is 0 Å². The largest absolute Gasteiger partial charge is 0.144 e. The van der Waals surface area contributed by atoms with Crippen molar-refractivity contribution in [1.82, 2.24) is 0 Å². The Labute approximate surface area is 152 Å². The summed E-state index contributed by atoms with van der Waals surface area (Å²) in [7, 11) is 0. The number of thiophene rings is 1. The summed E-state index contributed by atoms with van der Waals surface area (Å²) < 4.78 is 0. The minimum atomic E-state index is 0.281. The molecule has 0 unspecified atom stereocenters. The standard InChI is InChI=1S/C18H32S.2C2H6/c1-9-12-17(5,6)14-10-11-15(19-14)18(7,8)13-16(2,3)4;2*1-2/h10-11H,9,12-13H2,1-8H3;2*1-2H3. The molecule has 0 bridgehead atoms. The van der Waals surface area contributed by atoms with E-state index in [9.17, 15) is 0 Å². The number of rotatable bonds is 5. The summed E-state index contributed by atoms with van der Waals surface area (Å²) >= 11 is 2.03. The smallest absolute Gasteiger partial charge is 0.0105 e. The van der Waals surface area contributed by atoms with Crippen molar-refractivity contribution in [2.24, 2.45) is 5.41 Å². The summed E-state index contributed by atoms with van der Waals surface area (Å²) in [6.45, 7) is 26.8. The van der Waals surface area contributed by atoms with Gasteiger partial charge in [0.1, 0.15) is 0 Å². The summed E-state index contributed by atoms with van der Waals surface area (Å²) in [6, 6.07) is 4.73. The van der Waals surface area contributed by atoms with Crippen LogP contribution in [0.2, 0.25) is 0 Å². The second-order valence-corrected chi connectivity index (χ2v) is 9.50. The van der Waals surface area contributed by atoms with E-state index in [4.69, 9.17) is 0 Å². The van der Waals surface area contributed by atoms with Crippen LogP contribution in [-0.2, 0) is 10.8 Å². The zero-order valence-electron chi connectivity index (χ0n) is 18.2. The third-order valence-electron chi connectivity index (χ3n) is 3.79. The molecule has 0 N–H and O–H groups in total. The molecule has 1 aromatic rings. The lowest BCUT2D eigenvalue weighted by Crippen LogP contribution is -2.23. The summed E-state index contributed by atoms with van der Waals surface area (Å²) in [6.07, 6.45) is 3.76. The molecule has 0 nitrogen and oxygen atoms in total. The molecule has 1 aromatic heterocycles. The van der Waals surface area contributed by atoms with E-state index in [0.29, 0.717) is 10.8 Å². The van der Waals surface area contributed by atoms with Crippen LogP contribution in [0.25, 0.3) is 0 Å². The molecule has 0 spiro atoms. The highest BCUT2D eigenvalue weighted by atomic mass is 32.1. The van der Waals surface area contributed by atoms with E-state index in [0.717, 1.165) is 0 Å². The first-order chi connectivity index (χ1) is 10.5. The predicted molar refractivity (Wildman–Crippen MR) is 112 cm³/mol. The first-order valence-corrected chi connectivity index (χ1v) is 10.4.